The van der Waals surface area contributed by atoms with Gasteiger partial charge in [-0.3, -0.25) is 0 Å². The Bertz CT molecular complexity index is 455. The van der Waals surface area contributed by atoms with Crippen LogP contribution in [0.2, 0.25) is 0 Å². The van der Waals surface area contributed by atoms with Crippen molar-refractivity contribution in [3.8, 4) is 0 Å². The highest BCUT2D eigenvalue weighted by Crippen LogP contribution is 2.15. The third-order valence-electron chi connectivity index (χ3n) is 2.13. The minimum absolute atomic E-state index is 0.173. The van der Waals surface area contributed by atoms with Crippen LogP contribution in [0.1, 0.15) is 15.9 Å². The Balaban J connectivity index is 2.79. The highest BCUT2D eigenvalue weighted by Gasteiger charge is 2.08. The van der Waals surface area contributed by atoms with E-state index in [1.54, 1.807) is 25.1 Å². The summed E-state index contributed by atoms with van der Waals surface area (Å²) in [6, 6.07) is 4.32. The minimum atomic E-state index is -1.02. The van der Waals surface area contributed by atoms with Gasteiger partial charge in [-0.25, -0.2) is 9.59 Å². The summed E-state index contributed by atoms with van der Waals surface area (Å²) >= 11 is 0. The van der Waals surface area contributed by atoms with Gasteiger partial charge in [-0.2, -0.15) is 0 Å². The summed E-state index contributed by atoms with van der Waals surface area (Å²) in [6.07, 6.45) is 1.55. The van der Waals surface area contributed by atoms with E-state index in [0.29, 0.717) is 17.8 Å². The molecule has 0 spiro atoms. The lowest BCUT2D eigenvalue weighted by atomic mass is 10.1. The van der Waals surface area contributed by atoms with Crippen molar-refractivity contribution in [2.45, 2.75) is 6.92 Å². The van der Waals surface area contributed by atoms with E-state index >= 15 is 0 Å². The maximum Gasteiger partial charge on any atom is 0.336 e. The summed E-state index contributed by atoms with van der Waals surface area (Å²) in [6.45, 7) is 5.52. The predicted octanol–water partition coefficient (Wildman–Crippen LogP) is 2.00. The molecular weight excluding hydrogens is 220 g/mol. The number of aromatic carboxylic acids is 1. The molecule has 5 heteroatoms. The Morgan fingerprint density at radius 2 is 2.18 bits per heavy atom. The molecule has 2 amide bonds. The van der Waals surface area contributed by atoms with Crippen LogP contribution in [0.25, 0.3) is 0 Å². The zero-order valence-electron chi connectivity index (χ0n) is 9.49. The van der Waals surface area contributed by atoms with Gasteiger partial charge in [-0.05, 0) is 24.6 Å². The van der Waals surface area contributed by atoms with E-state index in [4.69, 9.17) is 5.11 Å². The molecular formula is C12H14N2O3. The lowest BCUT2D eigenvalue weighted by molar-refractivity contribution is 0.0696. The summed E-state index contributed by atoms with van der Waals surface area (Å²) in [5, 5.41) is 14.0. The first-order chi connectivity index (χ1) is 8.04. The van der Waals surface area contributed by atoms with Gasteiger partial charge in [0.25, 0.3) is 0 Å². The molecule has 0 heterocycles. The topological polar surface area (TPSA) is 78.4 Å². The molecule has 0 aliphatic carbocycles. The Hall–Kier alpha value is -2.30. The number of rotatable bonds is 4. The number of carbonyl (C=O) groups is 2. The normalized spacial score (nSPS) is 9.47. The van der Waals surface area contributed by atoms with Gasteiger partial charge in [-0.1, -0.05) is 12.1 Å². The minimum Gasteiger partial charge on any atom is -0.478 e. The van der Waals surface area contributed by atoms with E-state index in [0.717, 1.165) is 0 Å². The first-order valence-electron chi connectivity index (χ1n) is 5.04. The number of benzene rings is 1. The van der Waals surface area contributed by atoms with Crippen LogP contribution in [0.4, 0.5) is 10.5 Å². The zero-order chi connectivity index (χ0) is 12.8. The highest BCUT2D eigenvalue weighted by atomic mass is 16.4. The summed E-state index contributed by atoms with van der Waals surface area (Å²) in [5.41, 5.74) is 1.26. The van der Waals surface area contributed by atoms with E-state index in [1.165, 1.54) is 6.07 Å². The highest BCUT2D eigenvalue weighted by molar-refractivity contribution is 5.94. The Kier molecular flexibility index (Phi) is 4.28. The smallest absolute Gasteiger partial charge is 0.336 e. The molecule has 3 N–H and O–H groups in total. The first-order valence-corrected chi connectivity index (χ1v) is 5.04. The molecule has 1 aromatic rings. The van der Waals surface area contributed by atoms with Crippen LogP contribution in [0, 0.1) is 6.92 Å². The van der Waals surface area contributed by atoms with Gasteiger partial charge in [0, 0.05) is 12.2 Å². The summed E-state index contributed by atoms with van der Waals surface area (Å²) in [5.74, 6) is -1.02. The summed E-state index contributed by atoms with van der Waals surface area (Å²) in [7, 11) is 0. The largest absolute Gasteiger partial charge is 0.478 e. The maximum atomic E-state index is 11.3. The quantitative estimate of drug-likeness (QED) is 0.697. The number of amides is 2. The molecule has 0 radical (unpaired) electrons. The second-order valence-corrected chi connectivity index (χ2v) is 3.46. The number of carboxylic acid groups (broad SMARTS) is 1. The molecule has 90 valence electrons. The monoisotopic (exact) mass is 234 g/mol. The summed E-state index contributed by atoms with van der Waals surface area (Å²) < 4.78 is 0. The Labute approximate surface area is 99.1 Å². The standard InChI is InChI=1S/C12H14N2O3/c1-3-6-13-12(17)14-9-5-4-8(2)10(7-9)11(15)16/h3-5,7H,1,6H2,2H3,(H,15,16)(H2,13,14,17). The van der Waals surface area contributed by atoms with Crippen LogP contribution in [0.15, 0.2) is 30.9 Å². The zero-order valence-corrected chi connectivity index (χ0v) is 9.49. The van der Waals surface area contributed by atoms with Gasteiger partial charge in [0.1, 0.15) is 0 Å². The van der Waals surface area contributed by atoms with Crippen molar-refractivity contribution < 1.29 is 14.7 Å². The number of aryl methyl sites for hydroxylation is 1. The van der Waals surface area contributed by atoms with Crippen LogP contribution in [-0.4, -0.2) is 23.7 Å². The number of carboxylic acids is 1. The molecule has 0 saturated carbocycles. The fraction of sp³-hybridized carbons (Fsp3) is 0.167. The van der Waals surface area contributed by atoms with Gasteiger partial charge in [0.15, 0.2) is 0 Å². The van der Waals surface area contributed by atoms with Crippen molar-refractivity contribution in [3.63, 3.8) is 0 Å². The Morgan fingerprint density at radius 3 is 2.76 bits per heavy atom. The van der Waals surface area contributed by atoms with Crippen LogP contribution >= 0.6 is 0 Å². The van der Waals surface area contributed by atoms with Gasteiger partial charge < -0.3 is 15.7 Å². The third-order valence-corrected chi connectivity index (χ3v) is 2.13. The number of anilines is 1. The molecule has 0 aromatic heterocycles. The number of hydrogen-bond donors (Lipinski definition) is 3. The molecule has 0 aliphatic heterocycles. The van der Waals surface area contributed by atoms with Crippen molar-refractivity contribution in [2.24, 2.45) is 0 Å². The number of hydrogen-bond acceptors (Lipinski definition) is 2. The average Bonchev–Trinajstić information content (AvgIpc) is 2.28. The van der Waals surface area contributed by atoms with E-state index < -0.39 is 12.0 Å². The molecule has 0 saturated heterocycles. The molecule has 17 heavy (non-hydrogen) atoms. The van der Waals surface area contributed by atoms with Gasteiger partial charge >= 0.3 is 12.0 Å². The van der Waals surface area contributed by atoms with Crippen LogP contribution in [-0.2, 0) is 0 Å². The van der Waals surface area contributed by atoms with Crippen LogP contribution in [0.3, 0.4) is 0 Å². The SMILES string of the molecule is C=CCNC(=O)Nc1ccc(C)c(C(=O)O)c1. The fourth-order valence-electron chi connectivity index (χ4n) is 1.27. The predicted molar refractivity (Wildman–Crippen MR) is 65.4 cm³/mol. The van der Waals surface area contributed by atoms with Crippen molar-refractivity contribution in [1.29, 1.82) is 0 Å². The molecule has 0 atom stereocenters. The average molecular weight is 234 g/mol. The lowest BCUT2D eigenvalue weighted by Crippen LogP contribution is -2.28. The second-order valence-electron chi connectivity index (χ2n) is 3.46. The van der Waals surface area contributed by atoms with E-state index in [9.17, 15) is 9.59 Å². The van der Waals surface area contributed by atoms with Crippen molar-refractivity contribution >= 4 is 17.7 Å². The number of nitrogens with one attached hydrogen (secondary N) is 2. The molecule has 0 unspecified atom stereocenters. The third kappa shape index (κ3) is 3.64. The maximum absolute atomic E-state index is 11.3. The summed E-state index contributed by atoms with van der Waals surface area (Å²) in [4.78, 5) is 22.2. The first kappa shape index (κ1) is 12.8. The van der Waals surface area contributed by atoms with Crippen molar-refractivity contribution in [2.75, 3.05) is 11.9 Å². The van der Waals surface area contributed by atoms with Crippen molar-refractivity contribution in [1.82, 2.24) is 5.32 Å². The van der Waals surface area contributed by atoms with Gasteiger partial charge in [0.2, 0.25) is 0 Å². The van der Waals surface area contributed by atoms with Gasteiger partial charge in [0.05, 0.1) is 5.56 Å². The molecule has 5 nitrogen and oxygen atoms in total. The number of carbonyl (C=O) groups excluding carboxylic acids is 1. The molecule has 1 rings (SSSR count). The molecule has 1 aromatic carbocycles. The van der Waals surface area contributed by atoms with E-state index in [2.05, 4.69) is 17.2 Å². The number of urea groups is 1. The van der Waals surface area contributed by atoms with Gasteiger partial charge in [-0.15, -0.1) is 6.58 Å². The second kappa shape index (κ2) is 5.69. The lowest BCUT2D eigenvalue weighted by Gasteiger charge is -2.08. The van der Waals surface area contributed by atoms with Crippen molar-refractivity contribution in [3.05, 3.63) is 42.0 Å². The molecule has 0 fully saturated rings. The fourth-order valence-corrected chi connectivity index (χ4v) is 1.27. The van der Waals surface area contributed by atoms with Crippen LogP contribution < -0.4 is 10.6 Å². The van der Waals surface area contributed by atoms with Crippen LogP contribution in [0.5, 0.6) is 0 Å². The Morgan fingerprint density at radius 1 is 1.47 bits per heavy atom. The van der Waals surface area contributed by atoms with E-state index in [1.807, 2.05) is 0 Å². The molecule has 0 bridgehead atoms. The molecule has 0 aliphatic rings. The van der Waals surface area contributed by atoms with E-state index in [-0.39, 0.29) is 5.56 Å².